The Labute approximate surface area is 130 Å². The molecule has 0 saturated heterocycles. The number of anilines is 1. The van der Waals surface area contributed by atoms with Gasteiger partial charge in [0.05, 0.1) is 11.8 Å². The number of rotatable bonds is 5. The van der Waals surface area contributed by atoms with Gasteiger partial charge in [0.15, 0.2) is 0 Å². The Morgan fingerprint density at radius 3 is 2.43 bits per heavy atom. The van der Waals surface area contributed by atoms with Gasteiger partial charge < -0.3 is 10.5 Å². The predicted molar refractivity (Wildman–Crippen MR) is 89.9 cm³/mol. The third kappa shape index (κ3) is 4.67. The van der Waals surface area contributed by atoms with Crippen molar-refractivity contribution in [1.29, 1.82) is 0 Å². The fraction of sp³-hybridized carbons (Fsp3) is 0.353. The van der Waals surface area contributed by atoms with Crippen molar-refractivity contribution in [1.82, 2.24) is 4.98 Å². The third-order valence-electron chi connectivity index (χ3n) is 2.88. The lowest BCUT2D eigenvalue weighted by atomic mass is 10.1. The summed E-state index contributed by atoms with van der Waals surface area (Å²) in [7, 11) is 0. The lowest BCUT2D eigenvalue weighted by Crippen LogP contribution is -2.09. The largest absolute Gasteiger partial charge is 0.473 e. The zero-order valence-electron chi connectivity index (χ0n) is 13.0. The number of nitrogen functional groups attached to an aromatic ring is 1. The topological polar surface area (TPSA) is 48.1 Å². The first kappa shape index (κ1) is 15.7. The van der Waals surface area contributed by atoms with Gasteiger partial charge in [0.2, 0.25) is 5.88 Å². The summed E-state index contributed by atoms with van der Waals surface area (Å²) in [4.78, 5) is 4.49. The Bertz CT molecular complexity index is 606. The molecule has 0 aliphatic carbocycles. The monoisotopic (exact) mass is 302 g/mol. The number of thioether (sulfide) groups is 1. The maximum Gasteiger partial charge on any atom is 0.238 e. The summed E-state index contributed by atoms with van der Waals surface area (Å²) in [6.07, 6.45) is 0.0690. The second kappa shape index (κ2) is 6.85. The standard InChI is InChI=1S/C17H22N2OS/c1-11(2)20-17-15(18)5-6-16(19-17)21-10-14-8-12(3)7-13(4)9-14/h5-9,11H,10,18H2,1-4H3. The first-order valence-corrected chi connectivity index (χ1v) is 8.06. The Morgan fingerprint density at radius 1 is 1.14 bits per heavy atom. The van der Waals surface area contributed by atoms with Crippen molar-refractivity contribution in [2.45, 2.75) is 44.6 Å². The van der Waals surface area contributed by atoms with Gasteiger partial charge in [0, 0.05) is 5.75 Å². The van der Waals surface area contributed by atoms with E-state index < -0.39 is 0 Å². The van der Waals surface area contributed by atoms with Gasteiger partial charge in [0.1, 0.15) is 5.03 Å². The molecule has 0 bridgehead atoms. The maximum atomic E-state index is 5.89. The molecule has 0 aliphatic heterocycles. The van der Waals surface area contributed by atoms with Gasteiger partial charge in [-0.2, -0.15) is 0 Å². The summed E-state index contributed by atoms with van der Waals surface area (Å²) < 4.78 is 5.63. The fourth-order valence-corrected chi connectivity index (χ4v) is 2.93. The van der Waals surface area contributed by atoms with Crippen molar-refractivity contribution < 1.29 is 4.74 Å². The Morgan fingerprint density at radius 2 is 1.81 bits per heavy atom. The highest BCUT2D eigenvalue weighted by molar-refractivity contribution is 7.98. The van der Waals surface area contributed by atoms with Gasteiger partial charge in [-0.15, -0.1) is 11.8 Å². The van der Waals surface area contributed by atoms with E-state index in [2.05, 4.69) is 37.0 Å². The first-order valence-electron chi connectivity index (χ1n) is 7.07. The number of nitrogens with two attached hydrogens (primary N) is 1. The number of hydrogen-bond donors (Lipinski definition) is 1. The van der Waals surface area contributed by atoms with Crippen LogP contribution in [0.5, 0.6) is 5.88 Å². The van der Waals surface area contributed by atoms with E-state index >= 15 is 0 Å². The molecule has 0 spiro atoms. The molecule has 2 aromatic rings. The van der Waals surface area contributed by atoms with E-state index in [4.69, 9.17) is 10.5 Å². The summed E-state index contributed by atoms with van der Waals surface area (Å²) >= 11 is 1.69. The molecule has 2 rings (SSSR count). The van der Waals surface area contributed by atoms with Gasteiger partial charge in [-0.25, -0.2) is 4.98 Å². The lowest BCUT2D eigenvalue weighted by molar-refractivity contribution is 0.232. The normalized spacial score (nSPS) is 10.9. The van der Waals surface area contributed by atoms with Crippen LogP contribution in [-0.4, -0.2) is 11.1 Å². The fourth-order valence-electron chi connectivity index (χ4n) is 2.14. The van der Waals surface area contributed by atoms with E-state index in [1.807, 2.05) is 26.0 Å². The summed E-state index contributed by atoms with van der Waals surface area (Å²) in [6, 6.07) is 10.4. The summed E-state index contributed by atoms with van der Waals surface area (Å²) in [5.41, 5.74) is 10.4. The molecule has 1 aromatic heterocycles. The predicted octanol–water partition coefficient (Wildman–Crippen LogP) is 4.36. The highest BCUT2D eigenvalue weighted by Crippen LogP contribution is 2.27. The average molecular weight is 302 g/mol. The first-order chi connectivity index (χ1) is 9.94. The van der Waals surface area contributed by atoms with Crippen LogP contribution in [0, 0.1) is 13.8 Å². The number of nitrogens with zero attached hydrogens (tertiary/aromatic N) is 1. The minimum absolute atomic E-state index is 0.0690. The quantitative estimate of drug-likeness (QED) is 0.834. The number of ether oxygens (including phenoxy) is 1. The summed E-state index contributed by atoms with van der Waals surface area (Å²) in [6.45, 7) is 8.18. The molecular formula is C17H22N2OS. The van der Waals surface area contributed by atoms with Crippen molar-refractivity contribution in [3.8, 4) is 5.88 Å². The van der Waals surface area contributed by atoms with Gasteiger partial charge in [-0.3, -0.25) is 0 Å². The van der Waals surface area contributed by atoms with Gasteiger partial charge >= 0.3 is 0 Å². The molecule has 0 radical (unpaired) electrons. The molecule has 4 heteroatoms. The Balaban J connectivity index is 2.09. The van der Waals surface area contributed by atoms with Crippen LogP contribution in [0.2, 0.25) is 0 Å². The molecule has 0 amide bonds. The number of aryl methyl sites for hydroxylation is 2. The van der Waals surface area contributed by atoms with Crippen molar-refractivity contribution in [2.75, 3.05) is 5.73 Å². The van der Waals surface area contributed by atoms with Crippen LogP contribution in [0.25, 0.3) is 0 Å². The van der Waals surface area contributed by atoms with E-state index in [0.29, 0.717) is 11.6 Å². The SMILES string of the molecule is Cc1cc(C)cc(CSc2ccc(N)c(OC(C)C)n2)c1. The number of aromatic nitrogens is 1. The van der Waals surface area contributed by atoms with Crippen LogP contribution in [0.15, 0.2) is 35.4 Å². The Kier molecular flexibility index (Phi) is 5.12. The zero-order valence-corrected chi connectivity index (χ0v) is 13.8. The van der Waals surface area contributed by atoms with E-state index in [1.165, 1.54) is 16.7 Å². The minimum Gasteiger partial charge on any atom is -0.473 e. The van der Waals surface area contributed by atoms with Crippen LogP contribution < -0.4 is 10.5 Å². The van der Waals surface area contributed by atoms with Gasteiger partial charge in [-0.1, -0.05) is 29.3 Å². The Hall–Kier alpha value is -1.68. The van der Waals surface area contributed by atoms with Crippen LogP contribution in [0.1, 0.15) is 30.5 Å². The molecule has 21 heavy (non-hydrogen) atoms. The van der Waals surface area contributed by atoms with E-state index in [1.54, 1.807) is 11.8 Å². The van der Waals surface area contributed by atoms with Crippen molar-refractivity contribution >= 4 is 17.4 Å². The zero-order chi connectivity index (χ0) is 15.4. The van der Waals surface area contributed by atoms with Crippen molar-refractivity contribution in [2.24, 2.45) is 0 Å². The molecule has 0 unspecified atom stereocenters. The second-order valence-electron chi connectivity index (χ2n) is 5.50. The molecule has 112 valence electrons. The number of benzene rings is 1. The molecule has 2 N–H and O–H groups in total. The molecule has 1 aromatic carbocycles. The smallest absolute Gasteiger partial charge is 0.238 e. The minimum atomic E-state index is 0.0690. The highest BCUT2D eigenvalue weighted by atomic mass is 32.2. The summed E-state index contributed by atoms with van der Waals surface area (Å²) in [5.74, 6) is 1.41. The van der Waals surface area contributed by atoms with Gasteiger partial charge in [-0.05, 0) is 45.4 Å². The molecule has 0 aliphatic rings. The number of pyridine rings is 1. The van der Waals surface area contributed by atoms with Crippen LogP contribution in [0.4, 0.5) is 5.69 Å². The highest BCUT2D eigenvalue weighted by Gasteiger charge is 2.07. The molecule has 1 heterocycles. The molecule has 3 nitrogen and oxygen atoms in total. The van der Waals surface area contributed by atoms with Crippen molar-refractivity contribution in [3.05, 3.63) is 47.0 Å². The lowest BCUT2D eigenvalue weighted by Gasteiger charge is -2.12. The van der Waals surface area contributed by atoms with Crippen LogP contribution in [0.3, 0.4) is 0 Å². The average Bonchev–Trinajstić information content (AvgIpc) is 2.38. The molecule has 0 saturated carbocycles. The second-order valence-corrected chi connectivity index (χ2v) is 6.49. The van der Waals surface area contributed by atoms with Gasteiger partial charge in [0.25, 0.3) is 0 Å². The van der Waals surface area contributed by atoms with Crippen molar-refractivity contribution in [3.63, 3.8) is 0 Å². The van der Waals surface area contributed by atoms with E-state index in [0.717, 1.165) is 10.8 Å². The van der Waals surface area contributed by atoms with Crippen LogP contribution >= 0.6 is 11.8 Å². The third-order valence-corrected chi connectivity index (χ3v) is 3.88. The summed E-state index contributed by atoms with van der Waals surface area (Å²) in [5, 5.41) is 0.930. The molecule has 0 atom stereocenters. The van der Waals surface area contributed by atoms with E-state index in [-0.39, 0.29) is 6.10 Å². The maximum absolute atomic E-state index is 5.89. The van der Waals surface area contributed by atoms with E-state index in [9.17, 15) is 0 Å². The molecular weight excluding hydrogens is 280 g/mol. The van der Waals surface area contributed by atoms with Crippen LogP contribution in [-0.2, 0) is 5.75 Å². The molecule has 0 fully saturated rings. The number of hydrogen-bond acceptors (Lipinski definition) is 4.